The Bertz CT molecular complexity index is 1000. The fourth-order valence-electron chi connectivity index (χ4n) is 2.61. The van der Waals surface area contributed by atoms with Gasteiger partial charge in [-0.3, -0.25) is 9.59 Å². The van der Waals surface area contributed by atoms with Crippen LogP contribution in [0.5, 0.6) is 5.88 Å². The van der Waals surface area contributed by atoms with Crippen LogP contribution in [-0.2, 0) is 4.79 Å². The quantitative estimate of drug-likeness (QED) is 0.603. The van der Waals surface area contributed by atoms with Crippen LogP contribution in [0.3, 0.4) is 0 Å². The lowest BCUT2D eigenvalue weighted by Gasteiger charge is -2.16. The molecule has 0 spiro atoms. The zero-order chi connectivity index (χ0) is 20.3. The number of halogens is 2. The fraction of sp³-hybridized carbons (Fsp3) is 0.105. The van der Waals surface area contributed by atoms with Crippen LogP contribution in [0.25, 0.3) is 5.69 Å². The summed E-state index contributed by atoms with van der Waals surface area (Å²) in [7, 11) is 0. The van der Waals surface area contributed by atoms with E-state index >= 15 is 0 Å². The van der Waals surface area contributed by atoms with Gasteiger partial charge in [-0.15, -0.1) is 0 Å². The predicted octanol–water partition coefficient (Wildman–Crippen LogP) is 2.80. The summed E-state index contributed by atoms with van der Waals surface area (Å²) in [6.45, 7) is 0. The number of carbonyl (C=O) groups is 2. The standard InChI is InChI=1S/C19H15F2N3O4/c20-12-3-1-11(2-4-12)15(10-18(26)27)22-19(28)16-9-17(25)24(23-16)14-7-5-13(21)6-8-14/h1-9,15,25H,10H2,(H,22,28)(H,26,27)/t15-/m0/s1. The van der Waals surface area contributed by atoms with E-state index < -0.39 is 36.0 Å². The lowest BCUT2D eigenvalue weighted by atomic mass is 10.0. The van der Waals surface area contributed by atoms with Crippen LogP contribution in [0.15, 0.2) is 54.6 Å². The summed E-state index contributed by atoms with van der Waals surface area (Å²) in [5.41, 5.74) is 0.567. The van der Waals surface area contributed by atoms with Gasteiger partial charge in [-0.2, -0.15) is 5.10 Å². The van der Waals surface area contributed by atoms with Crippen LogP contribution in [0, 0.1) is 11.6 Å². The van der Waals surface area contributed by atoms with E-state index in [0.29, 0.717) is 11.3 Å². The van der Waals surface area contributed by atoms with E-state index in [-0.39, 0.29) is 11.6 Å². The minimum absolute atomic E-state index is 0.167. The van der Waals surface area contributed by atoms with Gasteiger partial charge in [-0.05, 0) is 42.0 Å². The van der Waals surface area contributed by atoms with E-state index in [1.54, 1.807) is 0 Å². The summed E-state index contributed by atoms with van der Waals surface area (Å²) in [5, 5.41) is 25.6. The van der Waals surface area contributed by atoms with Crippen LogP contribution in [0.1, 0.15) is 28.5 Å². The van der Waals surface area contributed by atoms with Crippen LogP contribution in [0.2, 0.25) is 0 Å². The van der Waals surface area contributed by atoms with Gasteiger partial charge in [0.25, 0.3) is 5.91 Å². The molecule has 2 aromatic carbocycles. The van der Waals surface area contributed by atoms with Gasteiger partial charge in [-0.25, -0.2) is 13.5 Å². The van der Waals surface area contributed by atoms with Crippen molar-refractivity contribution in [3.63, 3.8) is 0 Å². The smallest absolute Gasteiger partial charge is 0.305 e. The molecule has 9 heteroatoms. The maximum atomic E-state index is 13.1. The zero-order valence-corrected chi connectivity index (χ0v) is 14.3. The van der Waals surface area contributed by atoms with Crippen molar-refractivity contribution in [2.24, 2.45) is 0 Å². The molecule has 1 amide bonds. The topological polar surface area (TPSA) is 104 Å². The molecular weight excluding hydrogens is 372 g/mol. The molecule has 0 aliphatic carbocycles. The summed E-state index contributed by atoms with van der Waals surface area (Å²) >= 11 is 0. The first kappa shape index (κ1) is 19.0. The van der Waals surface area contributed by atoms with Crippen LogP contribution < -0.4 is 5.32 Å². The van der Waals surface area contributed by atoms with Crippen molar-refractivity contribution in [3.05, 3.63) is 77.5 Å². The molecule has 0 saturated carbocycles. The number of carboxylic acids is 1. The number of benzene rings is 2. The number of hydrogen-bond donors (Lipinski definition) is 3. The Hall–Kier alpha value is -3.75. The second kappa shape index (κ2) is 7.87. The molecule has 3 rings (SSSR count). The number of amides is 1. The monoisotopic (exact) mass is 387 g/mol. The minimum Gasteiger partial charge on any atom is -0.493 e. The molecule has 1 heterocycles. The van der Waals surface area contributed by atoms with Gasteiger partial charge in [-0.1, -0.05) is 12.1 Å². The SMILES string of the molecule is O=C(O)C[C@H](NC(=O)c1cc(O)n(-c2ccc(F)cc2)n1)c1ccc(F)cc1. The molecule has 1 aromatic heterocycles. The Morgan fingerprint density at radius 1 is 1.04 bits per heavy atom. The summed E-state index contributed by atoms with van der Waals surface area (Å²) in [6.07, 6.45) is -0.429. The van der Waals surface area contributed by atoms with E-state index in [1.807, 2.05) is 0 Å². The Labute approximate surface area is 157 Å². The number of rotatable bonds is 6. The lowest BCUT2D eigenvalue weighted by Crippen LogP contribution is -2.30. The Morgan fingerprint density at radius 2 is 1.61 bits per heavy atom. The molecule has 0 saturated heterocycles. The van der Waals surface area contributed by atoms with Crippen LogP contribution in [-0.4, -0.2) is 31.9 Å². The number of aromatic hydroxyl groups is 1. The van der Waals surface area contributed by atoms with Crippen molar-refractivity contribution < 1.29 is 28.6 Å². The minimum atomic E-state index is -1.16. The normalized spacial score (nSPS) is 11.8. The highest BCUT2D eigenvalue weighted by molar-refractivity contribution is 5.93. The predicted molar refractivity (Wildman–Crippen MR) is 94.0 cm³/mol. The Morgan fingerprint density at radius 3 is 2.18 bits per heavy atom. The molecule has 28 heavy (non-hydrogen) atoms. The number of nitrogens with one attached hydrogen (secondary N) is 1. The van der Waals surface area contributed by atoms with E-state index in [2.05, 4.69) is 10.4 Å². The molecule has 0 aliphatic heterocycles. The first-order chi connectivity index (χ1) is 13.3. The highest BCUT2D eigenvalue weighted by Gasteiger charge is 2.22. The molecule has 0 bridgehead atoms. The number of aliphatic carboxylic acids is 1. The van der Waals surface area contributed by atoms with Gasteiger partial charge < -0.3 is 15.5 Å². The highest BCUT2D eigenvalue weighted by Crippen LogP contribution is 2.21. The van der Waals surface area contributed by atoms with Crippen molar-refractivity contribution in [3.8, 4) is 11.6 Å². The summed E-state index contributed by atoms with van der Waals surface area (Å²) < 4.78 is 27.2. The third-order valence-electron chi connectivity index (χ3n) is 3.95. The summed E-state index contributed by atoms with van der Waals surface area (Å²) in [5.74, 6) is -3.20. The molecule has 3 N–H and O–H groups in total. The van der Waals surface area contributed by atoms with Crippen molar-refractivity contribution in [1.29, 1.82) is 0 Å². The van der Waals surface area contributed by atoms with Crippen molar-refractivity contribution in [1.82, 2.24) is 15.1 Å². The second-order valence-corrected chi connectivity index (χ2v) is 5.95. The van der Waals surface area contributed by atoms with Crippen molar-refractivity contribution in [2.45, 2.75) is 12.5 Å². The van der Waals surface area contributed by atoms with Gasteiger partial charge in [0.1, 0.15) is 11.6 Å². The third kappa shape index (κ3) is 4.32. The lowest BCUT2D eigenvalue weighted by molar-refractivity contribution is -0.137. The largest absolute Gasteiger partial charge is 0.493 e. The maximum absolute atomic E-state index is 13.1. The van der Waals surface area contributed by atoms with Gasteiger partial charge in [0.2, 0.25) is 5.88 Å². The summed E-state index contributed by atoms with van der Waals surface area (Å²) in [6, 6.07) is 10.3. The maximum Gasteiger partial charge on any atom is 0.305 e. The van der Waals surface area contributed by atoms with Crippen LogP contribution in [0.4, 0.5) is 8.78 Å². The third-order valence-corrected chi connectivity index (χ3v) is 3.95. The van der Waals surface area contributed by atoms with Crippen LogP contribution >= 0.6 is 0 Å². The molecule has 1 atom stereocenters. The first-order valence-electron chi connectivity index (χ1n) is 8.16. The van der Waals surface area contributed by atoms with E-state index in [4.69, 9.17) is 5.11 Å². The number of nitrogens with zero attached hydrogens (tertiary/aromatic N) is 2. The van der Waals surface area contributed by atoms with Gasteiger partial charge in [0, 0.05) is 6.07 Å². The van der Waals surface area contributed by atoms with Gasteiger partial charge >= 0.3 is 5.97 Å². The molecule has 0 radical (unpaired) electrons. The number of carbonyl (C=O) groups excluding carboxylic acids is 1. The first-order valence-corrected chi connectivity index (χ1v) is 8.16. The average Bonchev–Trinajstić information content (AvgIpc) is 3.04. The number of carboxylic acid groups (broad SMARTS) is 1. The number of aromatic nitrogens is 2. The molecule has 3 aromatic rings. The average molecular weight is 387 g/mol. The van der Waals surface area contributed by atoms with E-state index in [9.17, 15) is 23.5 Å². The second-order valence-electron chi connectivity index (χ2n) is 5.95. The molecule has 7 nitrogen and oxygen atoms in total. The van der Waals surface area contributed by atoms with Crippen molar-refractivity contribution >= 4 is 11.9 Å². The number of hydrogen-bond acceptors (Lipinski definition) is 4. The van der Waals surface area contributed by atoms with Gasteiger partial charge in [0.15, 0.2) is 5.69 Å². The molecule has 0 unspecified atom stereocenters. The Balaban J connectivity index is 1.83. The molecule has 0 aliphatic rings. The Kier molecular flexibility index (Phi) is 5.35. The zero-order valence-electron chi connectivity index (χ0n) is 14.3. The van der Waals surface area contributed by atoms with Crippen molar-refractivity contribution in [2.75, 3.05) is 0 Å². The molecular formula is C19H15F2N3O4. The molecule has 144 valence electrons. The molecule has 0 fully saturated rings. The fourth-order valence-corrected chi connectivity index (χ4v) is 2.61. The highest BCUT2D eigenvalue weighted by atomic mass is 19.1. The summed E-state index contributed by atoms with van der Waals surface area (Å²) in [4.78, 5) is 23.6. The van der Waals surface area contributed by atoms with Gasteiger partial charge in [0.05, 0.1) is 18.2 Å². The van der Waals surface area contributed by atoms with E-state index in [1.165, 1.54) is 36.4 Å². The van der Waals surface area contributed by atoms with E-state index in [0.717, 1.165) is 22.9 Å².